The molecule has 0 aromatic heterocycles. The number of anilines is 2. The van der Waals surface area contributed by atoms with E-state index in [0.717, 1.165) is 13.1 Å². The molecule has 0 unspecified atom stereocenters. The van der Waals surface area contributed by atoms with E-state index in [1.54, 1.807) is 0 Å². The second kappa shape index (κ2) is 6.64. The summed E-state index contributed by atoms with van der Waals surface area (Å²) in [7, 11) is 4.14. The molecule has 3 heteroatoms. The molecule has 100 valence electrons. The fraction of sp³-hybridized carbons (Fsp3) is 0.600. The van der Waals surface area contributed by atoms with Crippen molar-refractivity contribution in [3.05, 3.63) is 24.3 Å². The predicted octanol–water partition coefficient (Wildman–Crippen LogP) is 2.65. The zero-order chi connectivity index (χ0) is 12.8. The van der Waals surface area contributed by atoms with Crippen molar-refractivity contribution in [2.45, 2.75) is 19.3 Å². The Bertz CT molecular complexity index is 339. The van der Waals surface area contributed by atoms with E-state index in [0.29, 0.717) is 0 Å². The zero-order valence-corrected chi connectivity index (χ0v) is 11.7. The van der Waals surface area contributed by atoms with Gasteiger partial charge in [0, 0.05) is 38.6 Å². The van der Waals surface area contributed by atoms with E-state index in [1.165, 1.54) is 43.7 Å². The standard InChI is InChI=1S/C15H25N3/c1-17(2)15-8-6-14(7-9-15)16-10-13-18-11-4-3-5-12-18/h6-9,16H,3-5,10-13H2,1-2H3. The minimum absolute atomic E-state index is 1.04. The van der Waals surface area contributed by atoms with E-state index >= 15 is 0 Å². The van der Waals surface area contributed by atoms with E-state index in [9.17, 15) is 0 Å². The molecule has 1 aliphatic rings. The fourth-order valence-corrected chi connectivity index (χ4v) is 2.42. The topological polar surface area (TPSA) is 18.5 Å². The van der Waals surface area contributed by atoms with Gasteiger partial charge in [0.2, 0.25) is 0 Å². The van der Waals surface area contributed by atoms with Crippen molar-refractivity contribution in [2.24, 2.45) is 0 Å². The molecule has 0 amide bonds. The van der Waals surface area contributed by atoms with Crippen LogP contribution in [0.3, 0.4) is 0 Å². The number of piperidine rings is 1. The van der Waals surface area contributed by atoms with Gasteiger partial charge in [-0.1, -0.05) is 6.42 Å². The van der Waals surface area contributed by atoms with Crippen LogP contribution in [0.5, 0.6) is 0 Å². The van der Waals surface area contributed by atoms with E-state index in [1.807, 2.05) is 0 Å². The molecular weight excluding hydrogens is 222 g/mol. The lowest BCUT2D eigenvalue weighted by molar-refractivity contribution is 0.237. The number of nitrogens with zero attached hydrogens (tertiary/aromatic N) is 2. The molecule has 2 rings (SSSR count). The average molecular weight is 247 g/mol. The van der Waals surface area contributed by atoms with Crippen LogP contribution in [0.1, 0.15) is 19.3 Å². The average Bonchev–Trinajstić information content (AvgIpc) is 2.40. The lowest BCUT2D eigenvalue weighted by atomic mass is 10.1. The first kappa shape index (κ1) is 13.2. The highest BCUT2D eigenvalue weighted by Crippen LogP contribution is 2.15. The minimum atomic E-state index is 1.04. The molecule has 0 saturated carbocycles. The third-order valence-electron chi connectivity index (χ3n) is 3.59. The number of hydrogen-bond acceptors (Lipinski definition) is 3. The van der Waals surface area contributed by atoms with Crippen molar-refractivity contribution in [1.29, 1.82) is 0 Å². The van der Waals surface area contributed by atoms with Crippen molar-refractivity contribution >= 4 is 11.4 Å². The monoisotopic (exact) mass is 247 g/mol. The van der Waals surface area contributed by atoms with Crippen molar-refractivity contribution in [3.8, 4) is 0 Å². The molecule has 18 heavy (non-hydrogen) atoms. The molecule has 0 bridgehead atoms. The Morgan fingerprint density at radius 3 is 2.33 bits per heavy atom. The highest BCUT2D eigenvalue weighted by Gasteiger charge is 2.08. The van der Waals surface area contributed by atoms with Crippen molar-refractivity contribution in [3.63, 3.8) is 0 Å². The van der Waals surface area contributed by atoms with Gasteiger partial charge in [0.1, 0.15) is 0 Å². The van der Waals surface area contributed by atoms with E-state index in [2.05, 4.69) is 53.5 Å². The first-order valence-electron chi connectivity index (χ1n) is 6.99. The quantitative estimate of drug-likeness (QED) is 0.863. The Labute approximate surface area is 111 Å². The summed E-state index contributed by atoms with van der Waals surface area (Å²) in [5, 5.41) is 3.50. The third kappa shape index (κ3) is 3.91. The summed E-state index contributed by atoms with van der Waals surface area (Å²) >= 11 is 0. The van der Waals surface area contributed by atoms with Gasteiger partial charge in [-0.05, 0) is 50.2 Å². The molecule has 1 aromatic carbocycles. The van der Waals surface area contributed by atoms with Gasteiger partial charge in [-0.2, -0.15) is 0 Å². The smallest absolute Gasteiger partial charge is 0.0362 e. The van der Waals surface area contributed by atoms with E-state index in [-0.39, 0.29) is 0 Å². The van der Waals surface area contributed by atoms with Crippen molar-refractivity contribution in [2.75, 3.05) is 50.5 Å². The van der Waals surface area contributed by atoms with Crippen LogP contribution in [0, 0.1) is 0 Å². The van der Waals surface area contributed by atoms with Crippen LogP contribution in [-0.2, 0) is 0 Å². The highest BCUT2D eigenvalue weighted by atomic mass is 15.1. The maximum Gasteiger partial charge on any atom is 0.0362 e. The van der Waals surface area contributed by atoms with Gasteiger partial charge >= 0.3 is 0 Å². The maximum atomic E-state index is 3.50. The number of benzene rings is 1. The fourth-order valence-electron chi connectivity index (χ4n) is 2.42. The van der Waals surface area contributed by atoms with Crippen molar-refractivity contribution < 1.29 is 0 Å². The normalized spacial score (nSPS) is 16.6. The predicted molar refractivity (Wildman–Crippen MR) is 79.5 cm³/mol. The highest BCUT2D eigenvalue weighted by molar-refractivity contribution is 5.54. The molecule has 1 saturated heterocycles. The molecule has 0 spiro atoms. The molecule has 1 aliphatic heterocycles. The van der Waals surface area contributed by atoms with Crippen LogP contribution >= 0.6 is 0 Å². The van der Waals surface area contributed by atoms with E-state index < -0.39 is 0 Å². The SMILES string of the molecule is CN(C)c1ccc(NCCN2CCCCC2)cc1. The van der Waals surface area contributed by atoms with Gasteiger partial charge in [-0.15, -0.1) is 0 Å². The third-order valence-corrected chi connectivity index (χ3v) is 3.59. The number of rotatable bonds is 5. The molecule has 0 aliphatic carbocycles. The summed E-state index contributed by atoms with van der Waals surface area (Å²) in [6.07, 6.45) is 4.16. The van der Waals surface area contributed by atoms with Crippen molar-refractivity contribution in [1.82, 2.24) is 4.90 Å². The van der Waals surface area contributed by atoms with Gasteiger partial charge in [-0.25, -0.2) is 0 Å². The molecular formula is C15H25N3. The Balaban J connectivity index is 1.72. The number of hydrogen-bond donors (Lipinski definition) is 1. The molecule has 0 atom stereocenters. The van der Waals surface area contributed by atoms with Gasteiger partial charge in [0.25, 0.3) is 0 Å². The summed E-state index contributed by atoms with van der Waals surface area (Å²) in [4.78, 5) is 4.68. The maximum absolute atomic E-state index is 3.50. The van der Waals surface area contributed by atoms with Gasteiger partial charge in [0.15, 0.2) is 0 Å². The summed E-state index contributed by atoms with van der Waals surface area (Å²) in [6, 6.07) is 8.63. The largest absolute Gasteiger partial charge is 0.384 e. The number of likely N-dealkylation sites (tertiary alicyclic amines) is 1. The Kier molecular flexibility index (Phi) is 4.88. The van der Waals surface area contributed by atoms with Crippen LogP contribution in [0.2, 0.25) is 0 Å². The van der Waals surface area contributed by atoms with Gasteiger partial charge < -0.3 is 15.1 Å². The molecule has 0 radical (unpaired) electrons. The first-order chi connectivity index (χ1) is 8.75. The second-order valence-electron chi connectivity index (χ2n) is 5.27. The van der Waals surface area contributed by atoms with Crippen LogP contribution in [0.4, 0.5) is 11.4 Å². The Morgan fingerprint density at radius 2 is 1.72 bits per heavy atom. The molecule has 1 fully saturated rings. The Hall–Kier alpha value is -1.22. The second-order valence-corrected chi connectivity index (χ2v) is 5.27. The van der Waals surface area contributed by atoms with Gasteiger partial charge in [-0.3, -0.25) is 0 Å². The van der Waals surface area contributed by atoms with Gasteiger partial charge in [0.05, 0.1) is 0 Å². The van der Waals surface area contributed by atoms with Crippen LogP contribution in [-0.4, -0.2) is 45.2 Å². The molecule has 1 heterocycles. The molecule has 3 nitrogen and oxygen atoms in total. The molecule has 1 N–H and O–H groups in total. The molecule has 1 aromatic rings. The zero-order valence-electron chi connectivity index (χ0n) is 11.7. The Morgan fingerprint density at radius 1 is 1.06 bits per heavy atom. The number of nitrogens with one attached hydrogen (secondary N) is 1. The van der Waals surface area contributed by atoms with Crippen LogP contribution < -0.4 is 10.2 Å². The summed E-state index contributed by atoms with van der Waals surface area (Å²) in [5.41, 5.74) is 2.47. The van der Waals surface area contributed by atoms with E-state index in [4.69, 9.17) is 0 Å². The lowest BCUT2D eigenvalue weighted by Gasteiger charge is -2.26. The lowest BCUT2D eigenvalue weighted by Crippen LogP contribution is -2.33. The van der Waals surface area contributed by atoms with Crippen LogP contribution in [0.25, 0.3) is 0 Å². The minimum Gasteiger partial charge on any atom is -0.384 e. The summed E-state index contributed by atoms with van der Waals surface area (Å²) in [6.45, 7) is 4.76. The summed E-state index contributed by atoms with van der Waals surface area (Å²) in [5.74, 6) is 0. The first-order valence-corrected chi connectivity index (χ1v) is 6.99. The van der Waals surface area contributed by atoms with Crippen LogP contribution in [0.15, 0.2) is 24.3 Å². The summed E-state index contributed by atoms with van der Waals surface area (Å²) < 4.78 is 0.